The molecule has 5 heterocycles. The van der Waals surface area contributed by atoms with Gasteiger partial charge in [-0.15, -0.1) is 0 Å². The first-order chi connectivity index (χ1) is 29.3. The smallest absolute Gasteiger partial charge is 0.327 e. The molecule has 0 radical (unpaired) electrons. The average Bonchev–Trinajstić information content (AvgIpc) is 3.61. The second-order valence-corrected chi connectivity index (χ2v) is 20.8. The van der Waals surface area contributed by atoms with Gasteiger partial charge in [-0.05, 0) is 93.1 Å². The van der Waals surface area contributed by atoms with E-state index in [-0.39, 0.29) is 43.5 Å². The quantitative estimate of drug-likeness (QED) is 0.108. The number of fused-ring (bicyclic) bond motifs is 6. The second kappa shape index (κ2) is 16.9. The maximum absolute atomic E-state index is 15.5. The highest BCUT2D eigenvalue weighted by Crippen LogP contribution is 2.61. The van der Waals surface area contributed by atoms with Crippen LogP contribution >= 0.6 is 0 Å². The molecule has 3 aliphatic carbocycles. The molecule has 5 saturated heterocycles. The number of epoxide rings is 1. The van der Waals surface area contributed by atoms with Gasteiger partial charge in [-0.2, -0.15) is 5.06 Å². The van der Waals surface area contributed by atoms with E-state index in [0.717, 1.165) is 68.9 Å². The van der Waals surface area contributed by atoms with Gasteiger partial charge < -0.3 is 34.3 Å². The Bertz CT molecular complexity index is 1840. The Morgan fingerprint density at radius 2 is 1.74 bits per heavy atom. The van der Waals surface area contributed by atoms with Crippen molar-refractivity contribution in [2.24, 2.45) is 22.7 Å². The van der Waals surface area contributed by atoms with Crippen LogP contribution in [0.15, 0.2) is 29.8 Å². The predicted molar refractivity (Wildman–Crippen MR) is 228 cm³/mol. The van der Waals surface area contributed by atoms with E-state index in [0.29, 0.717) is 55.6 Å². The lowest BCUT2D eigenvalue weighted by Crippen LogP contribution is -2.70. The van der Waals surface area contributed by atoms with Gasteiger partial charge in [-0.3, -0.25) is 19.2 Å². The number of nitrogens with zero attached hydrogens (tertiary/aromatic N) is 2. The van der Waals surface area contributed by atoms with Crippen LogP contribution in [0.25, 0.3) is 6.08 Å². The van der Waals surface area contributed by atoms with Crippen molar-refractivity contribution in [3.8, 4) is 0 Å². The molecule has 0 spiro atoms. The molecular weight excluding hydrogens is 775 g/mol. The molecule has 9 rings (SSSR count). The molecule has 3 saturated carbocycles. The van der Waals surface area contributed by atoms with Crippen LogP contribution in [-0.2, 0) is 44.7 Å². The van der Waals surface area contributed by atoms with Crippen molar-refractivity contribution in [1.82, 2.24) is 15.3 Å². The molecule has 336 valence electrons. The third-order valence-electron chi connectivity index (χ3n) is 16.2. The number of esters is 1. The van der Waals surface area contributed by atoms with E-state index >= 15 is 4.79 Å². The zero-order chi connectivity index (χ0) is 42.7. The molecule has 61 heavy (non-hydrogen) atoms. The van der Waals surface area contributed by atoms with Crippen LogP contribution in [-0.4, -0.2) is 107 Å². The number of hydrogen-bond donors (Lipinski definition) is 2. The van der Waals surface area contributed by atoms with E-state index in [1.807, 2.05) is 0 Å². The maximum atomic E-state index is 15.5. The molecule has 2 N–H and O–H groups in total. The number of carbonyl (C=O) groups is 3. The first kappa shape index (κ1) is 43.4. The molecule has 12 heteroatoms. The zero-order valence-corrected chi connectivity index (χ0v) is 37.3. The van der Waals surface area contributed by atoms with Crippen molar-refractivity contribution >= 4 is 23.9 Å². The summed E-state index contributed by atoms with van der Waals surface area (Å²) in [6, 6.07) is 6.75. The van der Waals surface area contributed by atoms with Crippen LogP contribution < -0.4 is 5.32 Å². The van der Waals surface area contributed by atoms with Gasteiger partial charge in [-0.25, -0.2) is 0 Å². The number of carbonyl (C=O) groups excluding carboxylic acids is 3. The van der Waals surface area contributed by atoms with Gasteiger partial charge >= 0.3 is 5.97 Å². The third-order valence-corrected chi connectivity index (χ3v) is 16.2. The van der Waals surface area contributed by atoms with Gasteiger partial charge in [-0.1, -0.05) is 89.3 Å². The number of hydroxylamine groups is 2. The minimum absolute atomic E-state index is 0.0286. The van der Waals surface area contributed by atoms with Gasteiger partial charge in [0, 0.05) is 32.4 Å². The molecule has 3 unspecified atom stereocenters. The fourth-order valence-corrected chi connectivity index (χ4v) is 12.9. The highest BCUT2D eigenvalue weighted by atomic mass is 16.8. The predicted octanol–water partition coefficient (Wildman–Crippen LogP) is 7.00. The van der Waals surface area contributed by atoms with E-state index in [1.165, 1.54) is 18.4 Å². The number of likely N-dealkylation sites (tertiary alicyclic amines) is 1. The maximum Gasteiger partial charge on any atom is 0.327 e. The molecule has 12 nitrogen and oxygen atoms in total. The van der Waals surface area contributed by atoms with E-state index in [1.54, 1.807) is 9.96 Å². The van der Waals surface area contributed by atoms with Crippen LogP contribution in [0.1, 0.15) is 148 Å². The zero-order valence-electron chi connectivity index (χ0n) is 37.3. The molecule has 1 aromatic carbocycles. The second-order valence-electron chi connectivity index (χ2n) is 20.8. The largest absolute Gasteiger partial charge is 0.458 e. The van der Waals surface area contributed by atoms with Crippen molar-refractivity contribution in [3.05, 3.63) is 41.0 Å². The summed E-state index contributed by atoms with van der Waals surface area (Å²) in [6.45, 7) is 12.1. The summed E-state index contributed by atoms with van der Waals surface area (Å²) < 4.78 is 26.7. The number of allylic oxidation sites excluding steroid dienone is 1. The number of amides is 2. The summed E-state index contributed by atoms with van der Waals surface area (Å²) >= 11 is 0. The minimum Gasteiger partial charge on any atom is -0.458 e. The minimum atomic E-state index is -1.35. The van der Waals surface area contributed by atoms with E-state index < -0.39 is 53.7 Å². The van der Waals surface area contributed by atoms with Crippen LogP contribution in [0.4, 0.5) is 0 Å². The SMILES string of the molecule is CCCCCC1(CCCCC)O[C@@H]2[C@H]3ON(Cc4cccc(C=C5CCC6O[C@]6(C)CC[C@@H]6[C@@H]5CC6(C)C)c4)[C@H]4C(=O)OC(CC34C(=O)N3CCC[C@@H]3C(=O)NCCO)[C@@H]2O1. The lowest BCUT2D eigenvalue weighted by Gasteiger charge is -2.53. The Balaban J connectivity index is 1.04. The van der Waals surface area contributed by atoms with Gasteiger partial charge in [0.2, 0.25) is 11.8 Å². The Kier molecular flexibility index (Phi) is 12.0. The standard InChI is InChI=1S/C49H71N3O9/c1-6-8-10-20-48(21-11-9-7-2)59-39-37-29-49(45(56)51-24-13-16-36(51)43(54)50-23-25-53)41(44(55)57-37)52(61-42(49)40(39)60-48)30-32-15-12-14-31(26-32)27-33-17-18-38-47(5,58-38)22-19-35-34(33)28-46(35,3)4/h12,14-15,26-27,34-42,53H,6-11,13,16-25,28-30H2,1-5H3,(H,50,54)/t34-,35-,36-,37?,38?,39+,40+,41+,42-,47-,49?/m1/s1. The third kappa shape index (κ3) is 7.81. The van der Waals surface area contributed by atoms with E-state index in [9.17, 15) is 14.7 Å². The van der Waals surface area contributed by atoms with E-state index in [2.05, 4.69) is 70.3 Å². The van der Waals surface area contributed by atoms with Crippen LogP contribution in [0.2, 0.25) is 0 Å². The fourth-order valence-electron chi connectivity index (χ4n) is 12.9. The number of ether oxygens (including phenoxy) is 4. The van der Waals surface area contributed by atoms with Gasteiger partial charge in [0.25, 0.3) is 0 Å². The molecule has 0 aromatic heterocycles. The molecule has 8 fully saturated rings. The fraction of sp³-hybridized carbons (Fsp3) is 0.776. The lowest BCUT2D eigenvalue weighted by atomic mass is 9.52. The Labute approximate surface area is 362 Å². The van der Waals surface area contributed by atoms with Crippen molar-refractivity contribution in [3.63, 3.8) is 0 Å². The topological polar surface area (TPSA) is 139 Å². The summed E-state index contributed by atoms with van der Waals surface area (Å²) in [7, 11) is 0. The first-order valence-corrected chi connectivity index (χ1v) is 24.0. The highest BCUT2D eigenvalue weighted by molar-refractivity contribution is 5.96. The van der Waals surface area contributed by atoms with Gasteiger partial charge in [0.15, 0.2) is 11.8 Å². The van der Waals surface area contributed by atoms with Gasteiger partial charge in [0.05, 0.1) is 24.9 Å². The molecule has 11 atom stereocenters. The Hall–Kier alpha value is -2.87. The molecular formula is C49H71N3O9. The highest BCUT2D eigenvalue weighted by Gasteiger charge is 2.77. The van der Waals surface area contributed by atoms with Crippen molar-refractivity contribution < 1.29 is 43.3 Å². The number of aliphatic hydroxyl groups excluding tert-OH is 1. The lowest BCUT2D eigenvalue weighted by molar-refractivity contribution is -0.225. The van der Waals surface area contributed by atoms with Crippen LogP contribution in [0, 0.1) is 22.7 Å². The summed E-state index contributed by atoms with van der Waals surface area (Å²) in [5, 5.41) is 14.0. The number of nitrogens with one attached hydrogen (secondary N) is 1. The summed E-state index contributed by atoms with van der Waals surface area (Å²) in [6.07, 6.45) is 14.5. The number of unbranched alkanes of at least 4 members (excludes halogenated alkanes) is 4. The van der Waals surface area contributed by atoms with E-state index in [4.69, 9.17) is 23.8 Å². The first-order valence-electron chi connectivity index (χ1n) is 24.0. The van der Waals surface area contributed by atoms with Crippen LogP contribution in [0.5, 0.6) is 0 Å². The number of aliphatic hydroxyl groups is 1. The van der Waals surface area contributed by atoms with Crippen molar-refractivity contribution in [2.75, 3.05) is 19.7 Å². The number of rotatable bonds is 15. The monoisotopic (exact) mass is 846 g/mol. The molecule has 1 aromatic rings. The molecule has 2 bridgehead atoms. The van der Waals surface area contributed by atoms with Gasteiger partial charge in [0.1, 0.15) is 35.9 Å². The number of hydrogen-bond acceptors (Lipinski definition) is 10. The molecule has 8 aliphatic rings. The van der Waals surface area contributed by atoms with Crippen molar-refractivity contribution in [1.29, 1.82) is 0 Å². The average molecular weight is 846 g/mol. The molecule has 2 amide bonds. The summed E-state index contributed by atoms with van der Waals surface area (Å²) in [5.41, 5.74) is 2.58. The molecule has 5 aliphatic heterocycles. The Morgan fingerprint density at radius 3 is 2.48 bits per heavy atom. The number of benzene rings is 1. The van der Waals surface area contributed by atoms with Crippen molar-refractivity contribution in [2.45, 2.75) is 198 Å². The Morgan fingerprint density at radius 1 is 0.967 bits per heavy atom. The summed E-state index contributed by atoms with van der Waals surface area (Å²) in [5.74, 6) is -0.720. The van der Waals surface area contributed by atoms with Crippen LogP contribution in [0.3, 0.4) is 0 Å². The summed E-state index contributed by atoms with van der Waals surface area (Å²) in [4.78, 5) is 52.2. The normalized spacial score (nSPS) is 38.7.